The standard InChI is InChI=1S/C28H24ClN3O3/c1-2-6-18-7-3-4-8-19(18)9-5-10-25-28(34)31-24-16-15-22(29)17-23(24)26(30-25)20-11-13-21(14-12-20)27(33)32-35/h2-4,6-9,11-17,25,35H,1,5,10H2,(H,31,34)(H,32,33)/b18-6-,19-9-. The van der Waals surface area contributed by atoms with Gasteiger partial charge in [-0.3, -0.25) is 19.8 Å². The molecular weight excluding hydrogens is 462 g/mol. The molecule has 1 unspecified atom stereocenters. The maximum atomic E-state index is 13.1. The minimum atomic E-state index is -0.622. The van der Waals surface area contributed by atoms with E-state index < -0.39 is 11.9 Å². The third kappa shape index (κ3) is 5.57. The van der Waals surface area contributed by atoms with Crippen molar-refractivity contribution in [1.29, 1.82) is 0 Å². The predicted octanol–water partition coefficient (Wildman–Crippen LogP) is 3.84. The Morgan fingerprint density at radius 2 is 1.86 bits per heavy atom. The van der Waals surface area contributed by atoms with Crippen molar-refractivity contribution in [3.8, 4) is 0 Å². The summed E-state index contributed by atoms with van der Waals surface area (Å²) in [6, 6.07) is 19.2. The Bertz CT molecular complexity index is 1430. The van der Waals surface area contributed by atoms with Crippen molar-refractivity contribution in [2.75, 3.05) is 5.32 Å². The van der Waals surface area contributed by atoms with Gasteiger partial charge in [-0.25, -0.2) is 5.48 Å². The smallest absolute Gasteiger partial charge is 0.274 e. The Hall–Kier alpha value is -4.00. The molecule has 0 saturated carbocycles. The van der Waals surface area contributed by atoms with E-state index >= 15 is 0 Å². The molecule has 2 amide bonds. The van der Waals surface area contributed by atoms with Crippen molar-refractivity contribution in [3.05, 3.63) is 112 Å². The number of carbonyl (C=O) groups is 2. The molecule has 1 aliphatic rings. The first-order valence-electron chi connectivity index (χ1n) is 11.1. The van der Waals surface area contributed by atoms with Gasteiger partial charge < -0.3 is 5.32 Å². The quantitative estimate of drug-likeness (QED) is 0.366. The van der Waals surface area contributed by atoms with E-state index in [-0.39, 0.29) is 5.91 Å². The topological polar surface area (TPSA) is 90.8 Å². The Labute approximate surface area is 207 Å². The van der Waals surface area contributed by atoms with Crippen molar-refractivity contribution in [2.24, 2.45) is 4.99 Å². The van der Waals surface area contributed by atoms with Crippen LogP contribution in [0.25, 0.3) is 12.2 Å². The van der Waals surface area contributed by atoms with E-state index in [0.29, 0.717) is 40.4 Å². The van der Waals surface area contributed by atoms with Gasteiger partial charge in [-0.1, -0.05) is 72.8 Å². The van der Waals surface area contributed by atoms with Crippen LogP contribution in [0.3, 0.4) is 0 Å². The largest absolute Gasteiger partial charge is 0.324 e. The number of nitrogens with zero attached hydrogens (tertiary/aromatic N) is 1. The highest BCUT2D eigenvalue weighted by molar-refractivity contribution is 6.32. The highest BCUT2D eigenvalue weighted by Crippen LogP contribution is 2.28. The number of amides is 2. The highest BCUT2D eigenvalue weighted by Gasteiger charge is 2.25. The number of anilines is 1. The number of fused-ring (bicyclic) bond motifs is 1. The van der Waals surface area contributed by atoms with Gasteiger partial charge in [0.1, 0.15) is 6.04 Å². The fraction of sp³-hybridized carbons (Fsp3) is 0.107. The summed E-state index contributed by atoms with van der Waals surface area (Å²) in [6.07, 6.45) is 6.93. The van der Waals surface area contributed by atoms with Crippen LogP contribution in [0.4, 0.5) is 5.69 Å². The maximum absolute atomic E-state index is 13.1. The first kappa shape index (κ1) is 24.1. The molecule has 4 rings (SSSR count). The van der Waals surface area contributed by atoms with Gasteiger partial charge in [-0.2, -0.15) is 0 Å². The van der Waals surface area contributed by atoms with E-state index in [1.54, 1.807) is 54.0 Å². The molecule has 1 atom stereocenters. The average Bonchev–Trinajstić information content (AvgIpc) is 3.01. The molecule has 0 fully saturated rings. The molecule has 176 valence electrons. The summed E-state index contributed by atoms with van der Waals surface area (Å²) in [4.78, 5) is 29.6. The van der Waals surface area contributed by atoms with Gasteiger partial charge in [0.25, 0.3) is 5.91 Å². The normalized spacial score (nSPS) is 16.1. The van der Waals surface area contributed by atoms with Gasteiger partial charge in [-0.15, -0.1) is 0 Å². The van der Waals surface area contributed by atoms with Crippen molar-refractivity contribution in [1.82, 2.24) is 5.48 Å². The minimum absolute atomic E-state index is 0.195. The van der Waals surface area contributed by atoms with Crippen molar-refractivity contribution < 1.29 is 14.8 Å². The Morgan fingerprint density at radius 3 is 2.57 bits per heavy atom. The van der Waals surface area contributed by atoms with Crippen LogP contribution >= 0.6 is 11.6 Å². The number of nitrogens with one attached hydrogen (secondary N) is 2. The van der Waals surface area contributed by atoms with Crippen LogP contribution < -0.4 is 21.2 Å². The second-order valence-electron chi connectivity index (χ2n) is 8.00. The fourth-order valence-electron chi connectivity index (χ4n) is 3.96. The van der Waals surface area contributed by atoms with Crippen LogP contribution in [-0.4, -0.2) is 28.8 Å². The number of allylic oxidation sites excluding steroid dienone is 1. The molecule has 0 aliphatic carbocycles. The lowest BCUT2D eigenvalue weighted by molar-refractivity contribution is -0.117. The first-order valence-corrected chi connectivity index (χ1v) is 11.5. The van der Waals surface area contributed by atoms with Gasteiger partial charge in [-0.05, 0) is 53.6 Å². The van der Waals surface area contributed by atoms with Gasteiger partial charge >= 0.3 is 0 Å². The second-order valence-corrected chi connectivity index (χ2v) is 8.44. The number of hydrogen-bond acceptors (Lipinski definition) is 4. The zero-order valence-electron chi connectivity index (χ0n) is 18.9. The number of rotatable bonds is 6. The molecule has 3 aromatic rings. The molecule has 1 aliphatic heterocycles. The van der Waals surface area contributed by atoms with E-state index in [9.17, 15) is 9.59 Å². The Morgan fingerprint density at radius 1 is 1.11 bits per heavy atom. The number of benzodiazepines with no additional fused rings is 1. The summed E-state index contributed by atoms with van der Waals surface area (Å²) < 4.78 is 0. The maximum Gasteiger partial charge on any atom is 0.274 e. The van der Waals surface area contributed by atoms with Crippen LogP contribution in [0.2, 0.25) is 5.02 Å². The predicted molar refractivity (Wildman–Crippen MR) is 139 cm³/mol. The lowest BCUT2D eigenvalue weighted by atomic mass is 9.99. The van der Waals surface area contributed by atoms with E-state index in [1.165, 1.54) is 0 Å². The molecule has 0 bridgehead atoms. The third-order valence-electron chi connectivity index (χ3n) is 5.70. The van der Waals surface area contributed by atoms with E-state index in [2.05, 4.69) is 18.0 Å². The molecule has 0 radical (unpaired) electrons. The summed E-state index contributed by atoms with van der Waals surface area (Å²) in [5.41, 5.74) is 4.56. The lowest BCUT2D eigenvalue weighted by Crippen LogP contribution is -2.26. The van der Waals surface area contributed by atoms with Crippen LogP contribution in [0, 0.1) is 0 Å². The van der Waals surface area contributed by atoms with Crippen LogP contribution in [0.5, 0.6) is 0 Å². The highest BCUT2D eigenvalue weighted by atomic mass is 35.5. The molecule has 3 N–H and O–H groups in total. The molecule has 35 heavy (non-hydrogen) atoms. The number of hydroxylamine groups is 1. The first-order chi connectivity index (χ1) is 17.0. The number of aliphatic imine (C=N–C) groups is 1. The third-order valence-corrected chi connectivity index (χ3v) is 5.94. The minimum Gasteiger partial charge on any atom is -0.324 e. The zero-order chi connectivity index (χ0) is 24.8. The molecule has 7 heteroatoms. The van der Waals surface area contributed by atoms with Gasteiger partial charge in [0, 0.05) is 21.7 Å². The Balaban J connectivity index is 1.71. The summed E-state index contributed by atoms with van der Waals surface area (Å²) >= 11 is 6.27. The number of hydrogen-bond donors (Lipinski definition) is 3. The molecule has 0 spiro atoms. The van der Waals surface area contributed by atoms with Crippen LogP contribution in [0.15, 0.2) is 84.4 Å². The van der Waals surface area contributed by atoms with Crippen molar-refractivity contribution in [2.45, 2.75) is 18.9 Å². The molecule has 3 aromatic carbocycles. The summed E-state index contributed by atoms with van der Waals surface area (Å²) in [6.45, 7) is 3.77. The van der Waals surface area contributed by atoms with Crippen molar-refractivity contribution >= 4 is 47.0 Å². The number of halogens is 1. The van der Waals surface area contributed by atoms with E-state index in [0.717, 1.165) is 16.0 Å². The van der Waals surface area contributed by atoms with Crippen LogP contribution in [-0.2, 0) is 4.79 Å². The number of carbonyl (C=O) groups excluding carboxylic acids is 2. The second kappa shape index (κ2) is 11.0. The van der Waals surface area contributed by atoms with Gasteiger partial charge in [0.15, 0.2) is 0 Å². The molecule has 0 saturated heterocycles. The lowest BCUT2D eigenvalue weighted by Gasteiger charge is -2.11. The van der Waals surface area contributed by atoms with E-state index in [1.807, 2.05) is 30.3 Å². The zero-order valence-corrected chi connectivity index (χ0v) is 19.6. The summed E-state index contributed by atoms with van der Waals surface area (Å²) in [7, 11) is 0. The van der Waals surface area contributed by atoms with E-state index in [4.69, 9.17) is 21.8 Å². The fourth-order valence-corrected chi connectivity index (χ4v) is 4.14. The van der Waals surface area contributed by atoms with Gasteiger partial charge in [0.05, 0.1) is 11.4 Å². The molecular formula is C28H24ClN3O3. The van der Waals surface area contributed by atoms with Gasteiger partial charge in [0.2, 0.25) is 5.91 Å². The molecule has 0 aromatic heterocycles. The monoisotopic (exact) mass is 485 g/mol. The Kier molecular flexibility index (Phi) is 7.55. The molecule has 6 nitrogen and oxygen atoms in total. The number of benzene rings is 3. The molecule has 1 heterocycles. The van der Waals surface area contributed by atoms with Crippen molar-refractivity contribution in [3.63, 3.8) is 0 Å². The average molecular weight is 486 g/mol. The van der Waals surface area contributed by atoms with Crippen LogP contribution in [0.1, 0.15) is 34.3 Å². The summed E-state index contributed by atoms with van der Waals surface area (Å²) in [5.74, 6) is -0.804. The summed E-state index contributed by atoms with van der Waals surface area (Å²) in [5, 5.41) is 14.5. The SMILES string of the molecule is C=C/C=c1/cccc/c1=C/CCC1N=C(c2ccc(C(=O)NO)cc2)c2cc(Cl)ccc2NC1=O.